The molecule has 0 N–H and O–H groups in total. The van der Waals surface area contributed by atoms with E-state index in [9.17, 15) is 0 Å². The van der Waals surface area contributed by atoms with Crippen LogP contribution in [-0.4, -0.2) is 33.2 Å². The fraction of sp³-hybridized carbons (Fsp3) is 0.0625. The molecule has 1 spiro atoms. The van der Waals surface area contributed by atoms with E-state index in [0.29, 0.717) is 17.6 Å². The predicted molar refractivity (Wildman–Crippen MR) is 490 cm³/mol. The van der Waals surface area contributed by atoms with Crippen molar-refractivity contribution in [2.75, 3.05) is 0 Å². The maximum Gasteiger partial charge on any atom is 0.238 e. The van der Waals surface area contributed by atoms with E-state index in [4.69, 9.17) is 15.0 Å². The average Bonchev–Trinajstić information content (AvgIpc) is 1.50. The monoisotopic (exact) mass is 1520 g/mol. The van der Waals surface area contributed by atoms with Gasteiger partial charge in [-0.2, -0.15) is 9.97 Å². The van der Waals surface area contributed by atoms with E-state index in [0.717, 1.165) is 60.8 Å². The quantitative estimate of drug-likeness (QED) is 0.152. The van der Waals surface area contributed by atoms with Crippen molar-refractivity contribution in [2.24, 2.45) is 0 Å². The van der Waals surface area contributed by atoms with Gasteiger partial charge in [-0.05, 0) is 227 Å². The zero-order valence-electron chi connectivity index (χ0n) is 65.8. The van der Waals surface area contributed by atoms with E-state index in [1.165, 1.54) is 166 Å². The smallest absolute Gasteiger partial charge is 0.238 e. The van der Waals surface area contributed by atoms with Crippen LogP contribution >= 0.6 is 0 Å². The van der Waals surface area contributed by atoms with Gasteiger partial charge in [-0.1, -0.05) is 282 Å². The lowest BCUT2D eigenvalue weighted by Gasteiger charge is -2.31. The normalized spacial score (nSPS) is 14.1. The van der Waals surface area contributed by atoms with Crippen molar-refractivity contribution in [3.05, 3.63) is 415 Å². The molecule has 7 nitrogen and oxygen atoms in total. The molecule has 0 radical (unpaired) electrons. The van der Waals surface area contributed by atoms with Crippen LogP contribution in [0.4, 0.5) is 0 Å². The molecule has 5 aromatic heterocycles. The molecule has 22 aromatic rings. The fourth-order valence-corrected chi connectivity index (χ4v) is 22.0. The summed E-state index contributed by atoms with van der Waals surface area (Å²) in [4.78, 5) is 16.7. The summed E-state index contributed by atoms with van der Waals surface area (Å²) < 4.78 is 9.67. The van der Waals surface area contributed by atoms with E-state index in [-0.39, 0.29) is 10.8 Å². The van der Waals surface area contributed by atoms with Crippen LogP contribution in [0.2, 0.25) is 0 Å². The highest BCUT2D eigenvalue weighted by atomic mass is 15.2. The summed E-state index contributed by atoms with van der Waals surface area (Å²) in [5.74, 6) is 1.74. The average molecular weight is 1520 g/mol. The summed E-state index contributed by atoms with van der Waals surface area (Å²) in [6.07, 6.45) is 0. The second-order valence-corrected chi connectivity index (χ2v) is 34.1. The molecule has 0 atom stereocenters. The van der Waals surface area contributed by atoms with E-state index in [1.54, 1.807) is 0 Å². The standard InChI is InChI=1S/C112H73N7/c1-110(2)91-34-16-8-26-75(91)79-51-47-72(63-95(79)110)116-99-38-20-12-30-83(99)87-58-67(43-54-103(87)116)68-45-56-105-89(59-68)85-32-14-22-40-101(85)118(105)74-49-53-82-81-50-42-71(62-97(81)112(98(82)65-74)93-36-18-10-28-77(93)78-29-11-19-37-94(78)112)108-113-107(66-24-6-5-7-25-66)114-109(115-108)119-102-41-23-15-33-86(102)90-61-70(46-57-106(90)119)69-44-55-104-88(60-69)84-31-13-21-39-100(84)117(104)73-48-52-80-76-27-9-17-35-92(76)111(3,4)96(80)64-73/h5-65H,1-4H3. The molecule has 0 amide bonds. The zero-order chi connectivity index (χ0) is 78.5. The van der Waals surface area contributed by atoms with Gasteiger partial charge in [-0.15, -0.1) is 0 Å². The first-order chi connectivity index (χ1) is 58.5. The molecule has 0 bridgehead atoms. The minimum absolute atomic E-state index is 0.112. The first kappa shape index (κ1) is 66.3. The van der Waals surface area contributed by atoms with Crippen molar-refractivity contribution in [1.29, 1.82) is 0 Å². The van der Waals surface area contributed by atoms with Gasteiger partial charge in [-0.25, -0.2) is 4.98 Å². The van der Waals surface area contributed by atoms with Crippen molar-refractivity contribution < 1.29 is 0 Å². The van der Waals surface area contributed by atoms with E-state index in [1.807, 2.05) is 0 Å². The van der Waals surface area contributed by atoms with Crippen molar-refractivity contribution in [3.8, 4) is 113 Å². The molecular formula is C112H73N7. The van der Waals surface area contributed by atoms with Crippen LogP contribution in [0.15, 0.2) is 370 Å². The Labute approximate surface area is 686 Å². The van der Waals surface area contributed by atoms with Gasteiger partial charge in [0.25, 0.3) is 0 Å². The largest absolute Gasteiger partial charge is 0.309 e. The van der Waals surface area contributed by atoms with Gasteiger partial charge in [-0.3, -0.25) is 4.57 Å². The highest BCUT2D eigenvalue weighted by molar-refractivity contribution is 6.15. The van der Waals surface area contributed by atoms with Gasteiger partial charge < -0.3 is 13.7 Å². The summed E-state index contributed by atoms with van der Waals surface area (Å²) in [6.45, 7) is 9.46. The SMILES string of the molecule is CC1(C)c2ccccc2-c2ccc(-n3c4ccccc4c4cc(-c5ccc6c(c5)c5ccccc5n6-c5ccc6c(c5)C5(c7ccccc7-c7ccccc75)c5cc(-c7nc(-c8ccccc8)nc(-n8c9ccccc9c9cc(-c%10ccc%11c(c%10)c%10ccccc%10n%11-c%10ccc%11c(c%10)C(C)(C)c%10ccccc%10-%11)ccc98)n7)ccc5-6)ccc43)cc21. The molecule has 5 heterocycles. The molecule has 0 saturated heterocycles. The van der Waals surface area contributed by atoms with Gasteiger partial charge in [0.15, 0.2) is 11.6 Å². The summed E-state index contributed by atoms with van der Waals surface area (Å²) >= 11 is 0. The van der Waals surface area contributed by atoms with E-state index < -0.39 is 5.41 Å². The molecule has 7 heteroatoms. The Bertz CT molecular complexity index is 8210. The molecule has 4 aliphatic carbocycles. The maximum absolute atomic E-state index is 5.68. The number of para-hydroxylation sites is 4. The second-order valence-electron chi connectivity index (χ2n) is 34.1. The molecule has 0 unspecified atom stereocenters. The lowest BCUT2D eigenvalue weighted by Crippen LogP contribution is -2.26. The number of hydrogen-bond acceptors (Lipinski definition) is 3. The summed E-state index contributed by atoms with van der Waals surface area (Å²) in [5.41, 5.74) is 38.7. The van der Waals surface area contributed by atoms with Gasteiger partial charge in [0.05, 0.1) is 49.5 Å². The maximum atomic E-state index is 5.68. The van der Waals surface area contributed by atoms with E-state index in [2.05, 4.69) is 416 Å². The Morgan fingerprint density at radius 3 is 0.891 bits per heavy atom. The van der Waals surface area contributed by atoms with Gasteiger partial charge in [0, 0.05) is 82.1 Å². The number of rotatable bonds is 8. The molecular weight excluding hydrogens is 1440 g/mol. The first-order valence-corrected chi connectivity index (χ1v) is 41.5. The Balaban J connectivity index is 0.594. The van der Waals surface area contributed by atoms with Crippen LogP contribution in [0.5, 0.6) is 0 Å². The third kappa shape index (κ3) is 9.03. The molecule has 556 valence electrons. The molecule has 0 aliphatic heterocycles. The zero-order valence-corrected chi connectivity index (χ0v) is 65.8. The third-order valence-corrected chi connectivity index (χ3v) is 27.5. The molecule has 0 saturated carbocycles. The Morgan fingerprint density at radius 1 is 0.185 bits per heavy atom. The minimum atomic E-state index is -0.710. The van der Waals surface area contributed by atoms with Crippen molar-refractivity contribution in [3.63, 3.8) is 0 Å². The first-order valence-electron chi connectivity index (χ1n) is 41.5. The van der Waals surface area contributed by atoms with Gasteiger partial charge in [0.2, 0.25) is 5.95 Å². The van der Waals surface area contributed by atoms with Crippen LogP contribution < -0.4 is 0 Å². The van der Waals surface area contributed by atoms with Gasteiger partial charge >= 0.3 is 0 Å². The predicted octanol–water partition coefficient (Wildman–Crippen LogP) is 27.9. The Morgan fingerprint density at radius 2 is 0.471 bits per heavy atom. The highest BCUT2D eigenvalue weighted by Gasteiger charge is 2.52. The topological polar surface area (TPSA) is 58.4 Å². The molecule has 26 rings (SSSR count). The van der Waals surface area contributed by atoms with Crippen molar-refractivity contribution >= 4 is 87.2 Å². The van der Waals surface area contributed by atoms with Crippen molar-refractivity contribution in [2.45, 2.75) is 43.9 Å². The minimum Gasteiger partial charge on any atom is -0.309 e. The summed E-state index contributed by atoms with van der Waals surface area (Å²) in [7, 11) is 0. The van der Waals surface area contributed by atoms with Crippen LogP contribution in [-0.2, 0) is 16.2 Å². The highest BCUT2D eigenvalue weighted by Crippen LogP contribution is 2.64. The number of aromatic nitrogens is 7. The van der Waals surface area contributed by atoms with Crippen LogP contribution in [0.1, 0.15) is 72.2 Å². The molecule has 0 fully saturated rings. The number of fused-ring (bicyclic) bond motifs is 28. The Kier molecular flexibility index (Phi) is 13.4. The molecule has 119 heavy (non-hydrogen) atoms. The van der Waals surface area contributed by atoms with Crippen molar-refractivity contribution in [1.82, 2.24) is 33.2 Å². The van der Waals surface area contributed by atoms with Gasteiger partial charge in [0.1, 0.15) is 0 Å². The van der Waals surface area contributed by atoms with E-state index >= 15 is 0 Å². The molecule has 17 aromatic carbocycles. The lowest BCUT2D eigenvalue weighted by atomic mass is 9.70. The summed E-state index contributed by atoms with van der Waals surface area (Å²) in [6, 6.07) is 138. The number of hydrogen-bond donors (Lipinski definition) is 0. The summed E-state index contributed by atoms with van der Waals surface area (Å²) in [5, 5.41) is 9.55. The van der Waals surface area contributed by atoms with Crippen LogP contribution in [0.3, 0.4) is 0 Å². The number of benzene rings is 17. The Hall–Kier alpha value is -15.1. The van der Waals surface area contributed by atoms with Crippen LogP contribution in [0.25, 0.3) is 200 Å². The molecule has 4 aliphatic rings. The third-order valence-electron chi connectivity index (χ3n) is 27.5. The fourth-order valence-electron chi connectivity index (χ4n) is 22.0. The second kappa shape index (κ2) is 24.0. The lowest BCUT2D eigenvalue weighted by molar-refractivity contribution is 0.660. The number of nitrogens with zero attached hydrogens (tertiary/aromatic N) is 7. The van der Waals surface area contributed by atoms with Crippen LogP contribution in [0, 0.1) is 0 Å².